The normalized spacial score (nSPS) is 11.5. The zero-order valence-electron chi connectivity index (χ0n) is 10.8. The van der Waals surface area contributed by atoms with Crippen molar-refractivity contribution in [1.82, 2.24) is 0 Å². The molecule has 0 radical (unpaired) electrons. The number of carbonyl (C=O) groups excluding carboxylic acids is 1. The molecule has 19 heavy (non-hydrogen) atoms. The van der Waals surface area contributed by atoms with E-state index in [1.54, 1.807) is 19.9 Å². The Kier molecular flexibility index (Phi) is 4.62. The van der Waals surface area contributed by atoms with Crippen molar-refractivity contribution in [2.75, 3.05) is 5.32 Å². The maximum atomic E-state index is 11.7. The quantitative estimate of drug-likeness (QED) is 0.487. The van der Waals surface area contributed by atoms with E-state index >= 15 is 0 Å². The van der Waals surface area contributed by atoms with Gasteiger partial charge in [-0.2, -0.15) is 0 Å². The van der Waals surface area contributed by atoms with Crippen LogP contribution in [0.5, 0.6) is 0 Å². The highest BCUT2D eigenvalue weighted by atomic mass is 16.6. The molecule has 6 nitrogen and oxygen atoms in total. The number of nitrogens with two attached hydrogens (primary N) is 1. The molecule has 1 atom stereocenters. The SMILES string of the molecule is C#CCC(N)C(=O)Nc1cc(C)c([N+](=O)[O-])cc1C. The summed E-state index contributed by atoms with van der Waals surface area (Å²) in [6, 6.07) is 2.17. The number of amides is 1. The van der Waals surface area contributed by atoms with Crippen LogP contribution in [0.15, 0.2) is 12.1 Å². The summed E-state index contributed by atoms with van der Waals surface area (Å²) >= 11 is 0. The lowest BCUT2D eigenvalue weighted by atomic mass is 10.1. The summed E-state index contributed by atoms with van der Waals surface area (Å²) in [6.45, 7) is 3.28. The first-order valence-electron chi connectivity index (χ1n) is 5.62. The zero-order chi connectivity index (χ0) is 14.6. The number of benzene rings is 1. The molecule has 0 saturated heterocycles. The van der Waals surface area contributed by atoms with Crippen LogP contribution in [0.1, 0.15) is 17.5 Å². The second kappa shape index (κ2) is 5.98. The van der Waals surface area contributed by atoms with E-state index in [4.69, 9.17) is 12.2 Å². The van der Waals surface area contributed by atoms with Crippen LogP contribution in [0.2, 0.25) is 0 Å². The molecule has 0 bridgehead atoms. The van der Waals surface area contributed by atoms with Gasteiger partial charge in [-0.25, -0.2) is 0 Å². The lowest BCUT2D eigenvalue weighted by molar-refractivity contribution is -0.385. The molecule has 6 heteroatoms. The molecule has 0 aromatic heterocycles. The summed E-state index contributed by atoms with van der Waals surface area (Å²) < 4.78 is 0. The van der Waals surface area contributed by atoms with Gasteiger partial charge in [-0.15, -0.1) is 12.3 Å². The molecule has 100 valence electrons. The minimum atomic E-state index is -0.792. The van der Waals surface area contributed by atoms with E-state index in [0.29, 0.717) is 16.8 Å². The average Bonchev–Trinajstić information content (AvgIpc) is 2.33. The van der Waals surface area contributed by atoms with E-state index in [1.165, 1.54) is 6.07 Å². The van der Waals surface area contributed by atoms with E-state index in [2.05, 4.69) is 11.2 Å². The number of hydrogen-bond acceptors (Lipinski definition) is 4. The Morgan fingerprint density at radius 2 is 2.16 bits per heavy atom. The summed E-state index contributed by atoms with van der Waals surface area (Å²) in [5.41, 5.74) is 7.16. The number of nitro groups is 1. The van der Waals surface area contributed by atoms with Gasteiger partial charge in [-0.3, -0.25) is 14.9 Å². The molecule has 0 aliphatic heterocycles. The molecular weight excluding hydrogens is 246 g/mol. The van der Waals surface area contributed by atoms with Crippen molar-refractivity contribution in [2.24, 2.45) is 5.73 Å². The number of anilines is 1. The third kappa shape index (κ3) is 3.53. The van der Waals surface area contributed by atoms with E-state index < -0.39 is 16.9 Å². The Hall–Kier alpha value is -2.39. The highest BCUT2D eigenvalue weighted by Gasteiger charge is 2.17. The van der Waals surface area contributed by atoms with Gasteiger partial charge in [0.25, 0.3) is 5.69 Å². The zero-order valence-corrected chi connectivity index (χ0v) is 10.8. The van der Waals surface area contributed by atoms with Crippen molar-refractivity contribution >= 4 is 17.3 Å². The molecule has 0 heterocycles. The van der Waals surface area contributed by atoms with Crippen molar-refractivity contribution in [3.63, 3.8) is 0 Å². The molecular formula is C13H15N3O3. The summed E-state index contributed by atoms with van der Waals surface area (Å²) in [5, 5.41) is 13.4. The molecule has 1 rings (SSSR count). The smallest absolute Gasteiger partial charge is 0.272 e. The van der Waals surface area contributed by atoms with Crippen molar-refractivity contribution in [1.29, 1.82) is 0 Å². The fraction of sp³-hybridized carbons (Fsp3) is 0.308. The van der Waals surface area contributed by atoms with Crippen LogP contribution in [0.25, 0.3) is 0 Å². The average molecular weight is 261 g/mol. The molecule has 0 aliphatic rings. The lowest BCUT2D eigenvalue weighted by Gasteiger charge is -2.12. The number of terminal acetylenes is 1. The summed E-state index contributed by atoms with van der Waals surface area (Å²) in [5.74, 6) is 1.90. The first kappa shape index (κ1) is 14.7. The van der Waals surface area contributed by atoms with E-state index in [1.807, 2.05) is 0 Å². The van der Waals surface area contributed by atoms with Crippen LogP contribution in [0.4, 0.5) is 11.4 Å². The lowest BCUT2D eigenvalue weighted by Crippen LogP contribution is -2.35. The summed E-state index contributed by atoms with van der Waals surface area (Å²) in [7, 11) is 0. The fourth-order valence-electron chi connectivity index (χ4n) is 1.58. The van der Waals surface area contributed by atoms with Gasteiger partial charge in [-0.05, 0) is 25.5 Å². The maximum absolute atomic E-state index is 11.7. The predicted molar refractivity (Wildman–Crippen MR) is 72.6 cm³/mol. The summed E-state index contributed by atoms with van der Waals surface area (Å²) in [4.78, 5) is 22.0. The third-order valence-corrected chi connectivity index (χ3v) is 2.67. The van der Waals surface area contributed by atoms with Gasteiger partial charge in [0, 0.05) is 23.7 Å². The first-order chi connectivity index (χ1) is 8.86. The molecule has 0 fully saturated rings. The van der Waals surface area contributed by atoms with E-state index in [-0.39, 0.29) is 12.1 Å². The Balaban J connectivity index is 2.98. The Bertz CT molecular complexity index is 561. The van der Waals surface area contributed by atoms with Crippen molar-refractivity contribution in [3.8, 4) is 12.3 Å². The first-order valence-corrected chi connectivity index (χ1v) is 5.62. The predicted octanol–water partition coefficient (Wildman–Crippen LogP) is 1.50. The number of carbonyl (C=O) groups is 1. The minimum absolute atomic E-state index is 0.0171. The van der Waals surface area contributed by atoms with Gasteiger partial charge in [0.15, 0.2) is 0 Å². The Morgan fingerprint density at radius 3 is 2.68 bits per heavy atom. The van der Waals surface area contributed by atoms with Gasteiger partial charge >= 0.3 is 0 Å². The van der Waals surface area contributed by atoms with Crippen LogP contribution >= 0.6 is 0 Å². The van der Waals surface area contributed by atoms with Gasteiger partial charge in [0.05, 0.1) is 11.0 Å². The van der Waals surface area contributed by atoms with Crippen molar-refractivity contribution < 1.29 is 9.72 Å². The number of rotatable bonds is 4. The van der Waals surface area contributed by atoms with Gasteiger partial charge < -0.3 is 11.1 Å². The van der Waals surface area contributed by atoms with Crippen LogP contribution < -0.4 is 11.1 Å². The highest BCUT2D eigenvalue weighted by molar-refractivity contribution is 5.95. The second-order valence-corrected chi connectivity index (χ2v) is 4.21. The minimum Gasteiger partial charge on any atom is -0.324 e. The number of nitrogens with zero attached hydrogens (tertiary/aromatic N) is 1. The fourth-order valence-corrected chi connectivity index (χ4v) is 1.58. The Morgan fingerprint density at radius 1 is 1.53 bits per heavy atom. The molecule has 0 saturated carbocycles. The van der Waals surface area contributed by atoms with E-state index in [0.717, 1.165) is 0 Å². The van der Waals surface area contributed by atoms with Crippen molar-refractivity contribution in [3.05, 3.63) is 33.4 Å². The van der Waals surface area contributed by atoms with Crippen LogP contribution in [0, 0.1) is 36.3 Å². The third-order valence-electron chi connectivity index (χ3n) is 2.67. The van der Waals surface area contributed by atoms with Crippen molar-refractivity contribution in [2.45, 2.75) is 26.3 Å². The number of nitrogens with one attached hydrogen (secondary N) is 1. The van der Waals surface area contributed by atoms with Gasteiger partial charge in [0.1, 0.15) is 0 Å². The molecule has 0 aliphatic carbocycles. The van der Waals surface area contributed by atoms with Crippen LogP contribution in [0.3, 0.4) is 0 Å². The topological polar surface area (TPSA) is 98.3 Å². The molecule has 1 aromatic carbocycles. The van der Waals surface area contributed by atoms with E-state index in [9.17, 15) is 14.9 Å². The monoisotopic (exact) mass is 261 g/mol. The van der Waals surface area contributed by atoms with Crippen LogP contribution in [-0.2, 0) is 4.79 Å². The number of hydrogen-bond donors (Lipinski definition) is 2. The summed E-state index contributed by atoms with van der Waals surface area (Å²) in [6.07, 6.45) is 5.22. The van der Waals surface area contributed by atoms with Gasteiger partial charge in [-0.1, -0.05) is 0 Å². The molecule has 3 N–H and O–H groups in total. The highest BCUT2D eigenvalue weighted by Crippen LogP contribution is 2.26. The Labute approximate surface area is 111 Å². The van der Waals surface area contributed by atoms with Gasteiger partial charge in [0.2, 0.25) is 5.91 Å². The second-order valence-electron chi connectivity index (χ2n) is 4.21. The standard InChI is InChI=1S/C13H15N3O3/c1-4-5-10(14)13(17)15-11-6-9(3)12(16(18)19)7-8(11)2/h1,6-7,10H,5,14H2,2-3H3,(H,15,17). The number of nitro benzene ring substituents is 1. The largest absolute Gasteiger partial charge is 0.324 e. The molecule has 1 amide bonds. The molecule has 0 spiro atoms. The molecule has 1 aromatic rings. The molecule has 1 unspecified atom stereocenters. The number of aryl methyl sites for hydroxylation is 2. The van der Waals surface area contributed by atoms with Crippen LogP contribution in [-0.4, -0.2) is 16.9 Å². The maximum Gasteiger partial charge on any atom is 0.272 e.